The van der Waals surface area contributed by atoms with Crippen LogP contribution in [0.3, 0.4) is 0 Å². The SMILES string of the molecule is COc1cc(C(=O)Oc2ccc3oc4ccccc4c3c2)ccc1OC(F)F. The Morgan fingerprint density at radius 2 is 1.71 bits per heavy atom. The summed E-state index contributed by atoms with van der Waals surface area (Å²) in [7, 11) is 1.29. The number of methoxy groups -OCH3 is 1. The summed E-state index contributed by atoms with van der Waals surface area (Å²) in [4.78, 5) is 12.5. The summed E-state index contributed by atoms with van der Waals surface area (Å²) in [6.07, 6.45) is 0. The van der Waals surface area contributed by atoms with Gasteiger partial charge in [-0.2, -0.15) is 8.78 Å². The van der Waals surface area contributed by atoms with Crippen LogP contribution in [0.15, 0.2) is 65.1 Å². The highest BCUT2D eigenvalue weighted by atomic mass is 19.3. The van der Waals surface area contributed by atoms with E-state index in [0.29, 0.717) is 11.3 Å². The van der Waals surface area contributed by atoms with E-state index < -0.39 is 12.6 Å². The lowest BCUT2D eigenvalue weighted by molar-refractivity contribution is -0.0512. The predicted molar refractivity (Wildman–Crippen MR) is 98.3 cm³/mol. The molecule has 0 aliphatic heterocycles. The standard InChI is InChI=1S/C21H14F2O5/c1-25-19-10-12(6-8-18(19)28-21(22)23)20(24)26-13-7-9-17-15(11-13)14-4-2-3-5-16(14)27-17/h2-11,21H,1H3. The van der Waals surface area contributed by atoms with Gasteiger partial charge in [0.1, 0.15) is 16.9 Å². The number of hydrogen-bond donors (Lipinski definition) is 0. The number of para-hydroxylation sites is 1. The number of fused-ring (bicyclic) bond motifs is 3. The van der Waals surface area contributed by atoms with Crippen molar-refractivity contribution in [2.75, 3.05) is 7.11 Å². The molecule has 142 valence electrons. The molecular weight excluding hydrogens is 370 g/mol. The maximum absolute atomic E-state index is 12.5. The number of benzene rings is 3. The summed E-state index contributed by atoms with van der Waals surface area (Å²) >= 11 is 0. The molecule has 0 unspecified atom stereocenters. The lowest BCUT2D eigenvalue weighted by Crippen LogP contribution is -2.09. The second-order valence-corrected chi connectivity index (χ2v) is 5.89. The Labute approximate surface area is 158 Å². The number of ether oxygens (including phenoxy) is 3. The van der Waals surface area contributed by atoms with Gasteiger partial charge in [0.15, 0.2) is 11.5 Å². The van der Waals surface area contributed by atoms with Crippen LogP contribution in [0.1, 0.15) is 10.4 Å². The third kappa shape index (κ3) is 3.34. The minimum Gasteiger partial charge on any atom is -0.493 e. The maximum Gasteiger partial charge on any atom is 0.387 e. The molecule has 7 heteroatoms. The Bertz CT molecular complexity index is 1170. The maximum atomic E-state index is 12.5. The van der Waals surface area contributed by atoms with E-state index in [2.05, 4.69) is 4.74 Å². The summed E-state index contributed by atoms with van der Waals surface area (Å²) in [5.74, 6) is -0.489. The van der Waals surface area contributed by atoms with Gasteiger partial charge in [-0.05, 0) is 42.5 Å². The number of halogens is 2. The number of hydrogen-bond acceptors (Lipinski definition) is 5. The van der Waals surface area contributed by atoms with Gasteiger partial charge < -0.3 is 18.6 Å². The van der Waals surface area contributed by atoms with Gasteiger partial charge in [-0.3, -0.25) is 0 Å². The normalized spacial score (nSPS) is 11.1. The predicted octanol–water partition coefficient (Wildman–Crippen LogP) is 5.42. The number of esters is 1. The molecule has 1 aromatic heterocycles. The van der Waals surface area contributed by atoms with Crippen LogP contribution in [-0.4, -0.2) is 19.7 Å². The third-order valence-corrected chi connectivity index (χ3v) is 4.17. The molecule has 0 bridgehead atoms. The van der Waals surface area contributed by atoms with Crippen molar-refractivity contribution in [3.63, 3.8) is 0 Å². The first-order valence-corrected chi connectivity index (χ1v) is 8.31. The van der Waals surface area contributed by atoms with E-state index in [4.69, 9.17) is 13.9 Å². The quantitative estimate of drug-likeness (QED) is 0.340. The average molecular weight is 384 g/mol. The van der Waals surface area contributed by atoms with Gasteiger partial charge >= 0.3 is 12.6 Å². The minimum absolute atomic E-state index is 0.00558. The van der Waals surface area contributed by atoms with Crippen LogP contribution in [0.4, 0.5) is 8.78 Å². The Balaban J connectivity index is 1.62. The molecule has 3 aromatic carbocycles. The van der Waals surface area contributed by atoms with E-state index in [9.17, 15) is 13.6 Å². The summed E-state index contributed by atoms with van der Waals surface area (Å²) in [5, 5.41) is 1.73. The van der Waals surface area contributed by atoms with E-state index in [1.807, 2.05) is 24.3 Å². The number of furan rings is 1. The molecule has 0 saturated carbocycles. The molecule has 0 atom stereocenters. The second kappa shape index (κ2) is 7.19. The number of carbonyl (C=O) groups is 1. The zero-order chi connectivity index (χ0) is 19.7. The molecule has 0 spiro atoms. The Hall–Kier alpha value is -3.61. The van der Waals surface area contributed by atoms with Crippen LogP contribution >= 0.6 is 0 Å². The highest BCUT2D eigenvalue weighted by molar-refractivity contribution is 6.05. The summed E-state index contributed by atoms with van der Waals surface area (Å²) in [6.45, 7) is -3.00. The molecule has 1 heterocycles. The van der Waals surface area contributed by atoms with Gasteiger partial charge in [-0.1, -0.05) is 18.2 Å². The first-order chi connectivity index (χ1) is 13.5. The van der Waals surface area contributed by atoms with E-state index in [1.54, 1.807) is 18.2 Å². The third-order valence-electron chi connectivity index (χ3n) is 4.17. The molecule has 28 heavy (non-hydrogen) atoms. The van der Waals surface area contributed by atoms with Gasteiger partial charge in [0.2, 0.25) is 0 Å². The molecule has 4 aromatic rings. The molecule has 0 fully saturated rings. The highest BCUT2D eigenvalue weighted by Gasteiger charge is 2.16. The molecule has 4 rings (SSSR count). The molecule has 0 aliphatic rings. The molecule has 5 nitrogen and oxygen atoms in total. The molecule has 0 amide bonds. The van der Waals surface area contributed by atoms with Crippen LogP contribution in [0, 0.1) is 0 Å². The van der Waals surface area contributed by atoms with Crippen molar-refractivity contribution >= 4 is 27.9 Å². The number of rotatable bonds is 5. The molecule has 0 aliphatic carbocycles. The fourth-order valence-corrected chi connectivity index (χ4v) is 2.92. The van der Waals surface area contributed by atoms with Crippen molar-refractivity contribution in [1.82, 2.24) is 0 Å². The molecule has 0 N–H and O–H groups in total. The van der Waals surface area contributed by atoms with Crippen molar-refractivity contribution < 1.29 is 32.2 Å². The van der Waals surface area contributed by atoms with Crippen LogP contribution in [0.5, 0.6) is 17.2 Å². The van der Waals surface area contributed by atoms with Crippen LogP contribution in [0.25, 0.3) is 21.9 Å². The fraction of sp³-hybridized carbons (Fsp3) is 0.0952. The Kier molecular flexibility index (Phi) is 4.57. The molecule has 0 radical (unpaired) electrons. The monoisotopic (exact) mass is 384 g/mol. The van der Waals surface area contributed by atoms with Crippen molar-refractivity contribution in [3.8, 4) is 17.2 Å². The van der Waals surface area contributed by atoms with Gasteiger partial charge in [0.25, 0.3) is 0 Å². The van der Waals surface area contributed by atoms with Crippen molar-refractivity contribution in [2.45, 2.75) is 6.61 Å². The van der Waals surface area contributed by atoms with Crippen molar-refractivity contribution in [1.29, 1.82) is 0 Å². The number of carbonyl (C=O) groups excluding carboxylic acids is 1. The summed E-state index contributed by atoms with van der Waals surface area (Å²) in [6, 6.07) is 16.4. The number of alkyl halides is 2. The summed E-state index contributed by atoms with van der Waals surface area (Å²) < 4.78 is 45.4. The zero-order valence-electron chi connectivity index (χ0n) is 14.6. The largest absolute Gasteiger partial charge is 0.493 e. The topological polar surface area (TPSA) is 57.9 Å². The van der Waals surface area contributed by atoms with E-state index in [1.165, 1.54) is 25.3 Å². The van der Waals surface area contributed by atoms with Crippen LogP contribution in [-0.2, 0) is 0 Å². The highest BCUT2D eigenvalue weighted by Crippen LogP contribution is 2.32. The smallest absolute Gasteiger partial charge is 0.387 e. The first kappa shape index (κ1) is 17.8. The summed E-state index contributed by atoms with van der Waals surface area (Å²) in [5.41, 5.74) is 1.55. The van der Waals surface area contributed by atoms with Crippen molar-refractivity contribution in [2.24, 2.45) is 0 Å². The lowest BCUT2D eigenvalue weighted by Gasteiger charge is -2.11. The van der Waals surface area contributed by atoms with Crippen molar-refractivity contribution in [3.05, 3.63) is 66.2 Å². The van der Waals surface area contributed by atoms with E-state index in [-0.39, 0.29) is 17.1 Å². The van der Waals surface area contributed by atoms with Gasteiger partial charge in [-0.15, -0.1) is 0 Å². The van der Waals surface area contributed by atoms with Crippen LogP contribution < -0.4 is 14.2 Å². The van der Waals surface area contributed by atoms with Gasteiger partial charge in [0, 0.05) is 10.8 Å². The Morgan fingerprint density at radius 3 is 2.50 bits per heavy atom. The Morgan fingerprint density at radius 1 is 0.929 bits per heavy atom. The fourth-order valence-electron chi connectivity index (χ4n) is 2.92. The minimum atomic E-state index is -3.00. The van der Waals surface area contributed by atoms with Gasteiger partial charge in [0.05, 0.1) is 12.7 Å². The lowest BCUT2D eigenvalue weighted by atomic mass is 10.1. The van der Waals surface area contributed by atoms with Gasteiger partial charge in [-0.25, -0.2) is 4.79 Å². The second-order valence-electron chi connectivity index (χ2n) is 5.89. The van der Waals surface area contributed by atoms with E-state index >= 15 is 0 Å². The van der Waals surface area contributed by atoms with Crippen LogP contribution in [0.2, 0.25) is 0 Å². The zero-order valence-corrected chi connectivity index (χ0v) is 14.6. The van der Waals surface area contributed by atoms with E-state index in [0.717, 1.165) is 16.4 Å². The molecular formula is C21H14F2O5. The first-order valence-electron chi connectivity index (χ1n) is 8.31. The molecule has 0 saturated heterocycles. The average Bonchev–Trinajstić information content (AvgIpc) is 3.06.